The Kier molecular flexibility index (Phi) is 4.47. The maximum Gasteiger partial charge on any atom is 0.274 e. The van der Waals surface area contributed by atoms with E-state index in [9.17, 15) is 9.59 Å². The van der Waals surface area contributed by atoms with E-state index in [0.29, 0.717) is 5.56 Å². The molecule has 0 aliphatic carbocycles. The van der Waals surface area contributed by atoms with Crippen molar-refractivity contribution >= 4 is 11.8 Å². The van der Waals surface area contributed by atoms with Crippen molar-refractivity contribution in [1.29, 1.82) is 0 Å². The van der Waals surface area contributed by atoms with Gasteiger partial charge in [0.2, 0.25) is 5.91 Å². The van der Waals surface area contributed by atoms with Gasteiger partial charge in [-0.25, -0.2) is 5.48 Å². The van der Waals surface area contributed by atoms with E-state index in [0.717, 1.165) is 12.0 Å². The fraction of sp³-hybridized carbons (Fsp3) is 0.273. The zero-order valence-corrected chi connectivity index (χ0v) is 9.03. The fourth-order valence-electron chi connectivity index (χ4n) is 1.12. The number of hydrogen-bond acceptors (Lipinski definition) is 3. The highest BCUT2D eigenvalue weighted by Crippen LogP contribution is 2.04. The van der Waals surface area contributed by atoms with Crippen LogP contribution in [-0.2, 0) is 16.1 Å². The summed E-state index contributed by atoms with van der Waals surface area (Å²) in [7, 11) is 0. The molecule has 0 fully saturated rings. The van der Waals surface area contributed by atoms with Gasteiger partial charge in [-0.2, -0.15) is 0 Å². The van der Waals surface area contributed by atoms with Gasteiger partial charge in [-0.1, -0.05) is 19.1 Å². The van der Waals surface area contributed by atoms with Crippen molar-refractivity contribution in [3.63, 3.8) is 0 Å². The predicted octanol–water partition coefficient (Wildman–Crippen LogP) is 0.396. The molecule has 2 amide bonds. The van der Waals surface area contributed by atoms with E-state index < -0.39 is 11.8 Å². The van der Waals surface area contributed by atoms with Gasteiger partial charge in [0.25, 0.3) is 5.91 Å². The summed E-state index contributed by atoms with van der Waals surface area (Å²) in [6.45, 7) is 1.70. The first-order chi connectivity index (χ1) is 7.63. The molecule has 1 aromatic carbocycles. The van der Waals surface area contributed by atoms with Crippen LogP contribution in [0.1, 0.15) is 22.8 Å². The molecule has 3 N–H and O–H groups in total. The molecular formula is C11H14N2O3. The SMILES string of the molecule is CCc1ccc(C(=O)NOCC(N)=O)cc1. The first-order valence-corrected chi connectivity index (χ1v) is 4.93. The predicted molar refractivity (Wildman–Crippen MR) is 58.4 cm³/mol. The van der Waals surface area contributed by atoms with Crippen LogP contribution in [0, 0.1) is 0 Å². The Morgan fingerprint density at radius 1 is 1.31 bits per heavy atom. The standard InChI is InChI=1S/C11H14N2O3/c1-2-8-3-5-9(6-4-8)11(15)13-16-7-10(12)14/h3-6H,2,7H2,1H3,(H2,12,14)(H,13,15). The second kappa shape index (κ2) is 5.87. The molecule has 0 aromatic heterocycles. The first-order valence-electron chi connectivity index (χ1n) is 4.93. The Balaban J connectivity index is 2.49. The van der Waals surface area contributed by atoms with Crippen LogP contribution in [0.25, 0.3) is 0 Å². The monoisotopic (exact) mass is 222 g/mol. The van der Waals surface area contributed by atoms with Crippen LogP contribution in [0.3, 0.4) is 0 Å². The lowest BCUT2D eigenvalue weighted by molar-refractivity contribution is -0.124. The summed E-state index contributed by atoms with van der Waals surface area (Å²) in [6.07, 6.45) is 0.917. The van der Waals surface area contributed by atoms with Gasteiger partial charge in [-0.05, 0) is 24.1 Å². The number of hydroxylamine groups is 1. The molecule has 0 saturated carbocycles. The molecule has 5 heteroatoms. The van der Waals surface area contributed by atoms with Gasteiger partial charge >= 0.3 is 0 Å². The Hall–Kier alpha value is -1.88. The average Bonchev–Trinajstić information content (AvgIpc) is 2.28. The zero-order valence-electron chi connectivity index (χ0n) is 9.03. The van der Waals surface area contributed by atoms with Gasteiger partial charge in [-0.3, -0.25) is 14.4 Å². The molecule has 86 valence electrons. The van der Waals surface area contributed by atoms with Crippen LogP contribution in [0.5, 0.6) is 0 Å². The molecule has 16 heavy (non-hydrogen) atoms. The summed E-state index contributed by atoms with van der Waals surface area (Å²) in [6, 6.07) is 7.12. The molecule has 1 aromatic rings. The third-order valence-corrected chi connectivity index (χ3v) is 2.00. The van der Waals surface area contributed by atoms with Gasteiger partial charge in [0, 0.05) is 5.56 Å². The maximum atomic E-state index is 11.4. The number of carbonyl (C=O) groups is 2. The molecular weight excluding hydrogens is 208 g/mol. The zero-order chi connectivity index (χ0) is 12.0. The summed E-state index contributed by atoms with van der Waals surface area (Å²) < 4.78 is 0. The second-order valence-corrected chi connectivity index (χ2v) is 3.24. The van der Waals surface area contributed by atoms with Crippen molar-refractivity contribution in [2.45, 2.75) is 13.3 Å². The fourth-order valence-corrected chi connectivity index (χ4v) is 1.12. The second-order valence-electron chi connectivity index (χ2n) is 3.24. The maximum absolute atomic E-state index is 11.4. The number of nitrogens with one attached hydrogen (secondary N) is 1. The van der Waals surface area contributed by atoms with Crippen molar-refractivity contribution in [2.24, 2.45) is 5.73 Å². The Morgan fingerprint density at radius 3 is 2.44 bits per heavy atom. The van der Waals surface area contributed by atoms with E-state index in [1.165, 1.54) is 0 Å². The number of hydrogen-bond donors (Lipinski definition) is 2. The average molecular weight is 222 g/mol. The molecule has 0 unspecified atom stereocenters. The molecule has 1 rings (SSSR count). The number of amides is 2. The number of primary amides is 1. The molecule has 0 saturated heterocycles. The molecule has 0 aliphatic heterocycles. The summed E-state index contributed by atoms with van der Waals surface area (Å²) >= 11 is 0. The Labute approximate surface area is 93.5 Å². The van der Waals surface area contributed by atoms with E-state index in [-0.39, 0.29) is 6.61 Å². The van der Waals surface area contributed by atoms with Gasteiger partial charge in [-0.15, -0.1) is 0 Å². The van der Waals surface area contributed by atoms with E-state index in [4.69, 9.17) is 5.73 Å². The summed E-state index contributed by atoms with van der Waals surface area (Å²) in [5, 5.41) is 0. The lowest BCUT2D eigenvalue weighted by atomic mass is 10.1. The lowest BCUT2D eigenvalue weighted by Gasteiger charge is -2.04. The van der Waals surface area contributed by atoms with E-state index >= 15 is 0 Å². The molecule has 0 bridgehead atoms. The highest BCUT2D eigenvalue weighted by molar-refractivity contribution is 5.93. The van der Waals surface area contributed by atoms with Crippen molar-refractivity contribution < 1.29 is 14.4 Å². The minimum atomic E-state index is -0.637. The van der Waals surface area contributed by atoms with E-state index in [1.807, 2.05) is 19.1 Å². The number of benzene rings is 1. The third-order valence-electron chi connectivity index (χ3n) is 2.00. The van der Waals surface area contributed by atoms with Crippen molar-refractivity contribution in [2.75, 3.05) is 6.61 Å². The number of aryl methyl sites for hydroxylation is 1. The van der Waals surface area contributed by atoms with Crippen LogP contribution in [-0.4, -0.2) is 18.4 Å². The smallest absolute Gasteiger partial charge is 0.274 e. The summed E-state index contributed by atoms with van der Waals surface area (Å²) in [5.74, 6) is -1.04. The van der Waals surface area contributed by atoms with E-state index in [1.54, 1.807) is 12.1 Å². The van der Waals surface area contributed by atoms with Crippen molar-refractivity contribution in [3.8, 4) is 0 Å². The highest BCUT2D eigenvalue weighted by Gasteiger charge is 2.05. The molecule has 0 atom stereocenters. The highest BCUT2D eigenvalue weighted by atomic mass is 16.7. The van der Waals surface area contributed by atoms with Crippen LogP contribution < -0.4 is 11.2 Å². The molecule has 5 nitrogen and oxygen atoms in total. The topological polar surface area (TPSA) is 81.4 Å². The van der Waals surface area contributed by atoms with Gasteiger partial charge in [0.05, 0.1) is 0 Å². The van der Waals surface area contributed by atoms with Crippen molar-refractivity contribution in [1.82, 2.24) is 5.48 Å². The van der Waals surface area contributed by atoms with Crippen LogP contribution in [0.2, 0.25) is 0 Å². The van der Waals surface area contributed by atoms with Crippen LogP contribution in [0.15, 0.2) is 24.3 Å². The largest absolute Gasteiger partial charge is 0.368 e. The van der Waals surface area contributed by atoms with Gasteiger partial charge in [0.15, 0.2) is 6.61 Å². The van der Waals surface area contributed by atoms with E-state index in [2.05, 4.69) is 10.3 Å². The minimum absolute atomic E-state index is 0.335. The quantitative estimate of drug-likeness (QED) is 0.707. The van der Waals surface area contributed by atoms with Crippen molar-refractivity contribution in [3.05, 3.63) is 35.4 Å². The molecule has 0 radical (unpaired) electrons. The molecule has 0 heterocycles. The minimum Gasteiger partial charge on any atom is -0.368 e. The first kappa shape index (κ1) is 12.2. The summed E-state index contributed by atoms with van der Waals surface area (Å²) in [4.78, 5) is 26.4. The Bertz CT molecular complexity index is 373. The number of rotatable bonds is 5. The lowest BCUT2D eigenvalue weighted by Crippen LogP contribution is -2.29. The van der Waals surface area contributed by atoms with Crippen LogP contribution in [0.4, 0.5) is 0 Å². The molecule has 0 spiro atoms. The number of carbonyl (C=O) groups excluding carboxylic acids is 2. The Morgan fingerprint density at radius 2 is 1.94 bits per heavy atom. The molecule has 0 aliphatic rings. The number of nitrogens with two attached hydrogens (primary N) is 1. The van der Waals surface area contributed by atoms with Gasteiger partial charge < -0.3 is 5.73 Å². The van der Waals surface area contributed by atoms with Crippen LogP contribution >= 0.6 is 0 Å². The third kappa shape index (κ3) is 3.70. The normalized spacial score (nSPS) is 9.81. The summed E-state index contributed by atoms with van der Waals surface area (Å²) in [5.41, 5.74) is 8.59. The van der Waals surface area contributed by atoms with Gasteiger partial charge in [0.1, 0.15) is 0 Å².